The molecule has 16 heavy (non-hydrogen) atoms. The Morgan fingerprint density at radius 3 is 2.94 bits per heavy atom. The molecule has 0 saturated carbocycles. The molecule has 0 atom stereocenters. The summed E-state index contributed by atoms with van der Waals surface area (Å²) in [6.07, 6.45) is 2.12. The molecule has 3 heterocycles. The van der Waals surface area contributed by atoms with Gasteiger partial charge in [-0.1, -0.05) is 0 Å². The van der Waals surface area contributed by atoms with Gasteiger partial charge < -0.3 is 15.5 Å². The van der Waals surface area contributed by atoms with Crippen LogP contribution in [0.3, 0.4) is 0 Å². The fourth-order valence-electron chi connectivity index (χ4n) is 2.41. The van der Waals surface area contributed by atoms with Crippen LogP contribution in [0.4, 0.5) is 10.5 Å². The van der Waals surface area contributed by atoms with Gasteiger partial charge in [-0.3, -0.25) is 0 Å². The topological polar surface area (TPSA) is 44.4 Å². The van der Waals surface area contributed by atoms with Crippen LogP contribution in [0.25, 0.3) is 0 Å². The Morgan fingerprint density at radius 2 is 2.12 bits per heavy atom. The van der Waals surface area contributed by atoms with Crippen LogP contribution in [0.5, 0.6) is 0 Å². The van der Waals surface area contributed by atoms with Crippen molar-refractivity contribution in [2.45, 2.75) is 25.4 Å². The molecule has 1 aromatic rings. The third-order valence-electron chi connectivity index (χ3n) is 3.33. The number of nitrogens with zero attached hydrogens (tertiary/aromatic N) is 1. The Hall–Kier alpha value is -1.07. The van der Waals surface area contributed by atoms with Crippen LogP contribution in [-0.4, -0.2) is 30.1 Å². The molecule has 86 valence electrons. The summed E-state index contributed by atoms with van der Waals surface area (Å²) in [6, 6.07) is 0.465. The van der Waals surface area contributed by atoms with E-state index in [1.54, 1.807) is 11.3 Å². The van der Waals surface area contributed by atoms with E-state index in [9.17, 15) is 4.79 Å². The van der Waals surface area contributed by atoms with E-state index in [0.29, 0.717) is 6.04 Å². The Kier molecular flexibility index (Phi) is 2.57. The highest BCUT2D eigenvalue weighted by Gasteiger charge is 2.29. The van der Waals surface area contributed by atoms with E-state index in [1.165, 1.54) is 5.56 Å². The van der Waals surface area contributed by atoms with E-state index in [1.807, 2.05) is 10.3 Å². The Bertz CT molecular complexity index is 398. The summed E-state index contributed by atoms with van der Waals surface area (Å²) < 4.78 is 0. The van der Waals surface area contributed by atoms with Gasteiger partial charge in [-0.2, -0.15) is 0 Å². The maximum Gasteiger partial charge on any atom is 0.322 e. The van der Waals surface area contributed by atoms with E-state index in [-0.39, 0.29) is 6.03 Å². The van der Waals surface area contributed by atoms with Crippen molar-refractivity contribution in [2.24, 2.45) is 0 Å². The van der Waals surface area contributed by atoms with Crippen molar-refractivity contribution in [3.8, 4) is 0 Å². The molecule has 2 amide bonds. The van der Waals surface area contributed by atoms with Gasteiger partial charge in [0.2, 0.25) is 0 Å². The summed E-state index contributed by atoms with van der Waals surface area (Å²) in [4.78, 5) is 13.9. The monoisotopic (exact) mass is 237 g/mol. The van der Waals surface area contributed by atoms with Gasteiger partial charge in [0.25, 0.3) is 0 Å². The van der Waals surface area contributed by atoms with Gasteiger partial charge in [0.1, 0.15) is 0 Å². The maximum atomic E-state index is 12.0. The lowest BCUT2D eigenvalue weighted by Crippen LogP contribution is -2.49. The molecule has 4 nitrogen and oxygen atoms in total. The van der Waals surface area contributed by atoms with Crippen LogP contribution >= 0.6 is 11.3 Å². The SMILES string of the molecule is O=C1Nc2cscc2CN1C1CCNCC1. The number of amides is 2. The van der Waals surface area contributed by atoms with Crippen LogP contribution in [0.1, 0.15) is 18.4 Å². The molecule has 2 N–H and O–H groups in total. The molecular weight excluding hydrogens is 222 g/mol. The number of carbonyl (C=O) groups excluding carboxylic acids is 1. The number of urea groups is 1. The van der Waals surface area contributed by atoms with Gasteiger partial charge in [-0.05, 0) is 31.3 Å². The lowest BCUT2D eigenvalue weighted by Gasteiger charge is -2.37. The Labute approximate surface area is 98.6 Å². The van der Waals surface area contributed by atoms with E-state index in [4.69, 9.17) is 0 Å². The number of piperidine rings is 1. The molecule has 0 radical (unpaired) electrons. The average Bonchev–Trinajstić information content (AvgIpc) is 2.76. The molecule has 0 bridgehead atoms. The largest absolute Gasteiger partial charge is 0.322 e. The number of thiophene rings is 1. The molecule has 1 aromatic heterocycles. The first-order chi connectivity index (χ1) is 7.84. The minimum absolute atomic E-state index is 0.0674. The van der Waals surface area contributed by atoms with Gasteiger partial charge in [-0.25, -0.2) is 4.79 Å². The fraction of sp³-hybridized carbons (Fsp3) is 0.545. The molecule has 3 rings (SSSR count). The van der Waals surface area contributed by atoms with E-state index in [2.05, 4.69) is 16.0 Å². The second kappa shape index (κ2) is 4.07. The van der Waals surface area contributed by atoms with Crippen LogP contribution < -0.4 is 10.6 Å². The highest BCUT2D eigenvalue weighted by Crippen LogP contribution is 2.29. The summed E-state index contributed by atoms with van der Waals surface area (Å²) in [5.74, 6) is 0. The molecule has 5 heteroatoms. The lowest BCUT2D eigenvalue weighted by molar-refractivity contribution is 0.164. The van der Waals surface area contributed by atoms with Crippen molar-refractivity contribution in [3.05, 3.63) is 16.3 Å². The number of hydrogen-bond acceptors (Lipinski definition) is 3. The Morgan fingerprint density at radius 1 is 1.31 bits per heavy atom. The number of nitrogens with one attached hydrogen (secondary N) is 2. The highest BCUT2D eigenvalue weighted by atomic mass is 32.1. The fourth-order valence-corrected chi connectivity index (χ4v) is 3.19. The first-order valence-electron chi connectivity index (χ1n) is 5.68. The van der Waals surface area contributed by atoms with Crippen molar-refractivity contribution < 1.29 is 4.79 Å². The van der Waals surface area contributed by atoms with Crippen LogP contribution in [0.15, 0.2) is 10.8 Å². The van der Waals surface area contributed by atoms with E-state index >= 15 is 0 Å². The zero-order valence-electron chi connectivity index (χ0n) is 9.03. The zero-order chi connectivity index (χ0) is 11.0. The number of fused-ring (bicyclic) bond motifs is 1. The predicted molar refractivity (Wildman–Crippen MR) is 64.8 cm³/mol. The summed E-state index contributed by atoms with van der Waals surface area (Å²) in [7, 11) is 0. The van der Waals surface area contributed by atoms with Crippen molar-refractivity contribution in [2.75, 3.05) is 18.4 Å². The highest BCUT2D eigenvalue weighted by molar-refractivity contribution is 7.08. The predicted octanol–water partition coefficient (Wildman–Crippen LogP) is 1.85. The van der Waals surface area contributed by atoms with Crippen molar-refractivity contribution in [1.82, 2.24) is 10.2 Å². The minimum atomic E-state index is 0.0674. The van der Waals surface area contributed by atoms with Crippen molar-refractivity contribution in [1.29, 1.82) is 0 Å². The second-order valence-electron chi connectivity index (χ2n) is 4.35. The molecule has 1 fully saturated rings. The third kappa shape index (κ3) is 1.70. The third-order valence-corrected chi connectivity index (χ3v) is 4.13. The second-order valence-corrected chi connectivity index (χ2v) is 5.09. The number of carbonyl (C=O) groups is 1. The number of anilines is 1. The standard InChI is InChI=1S/C11H15N3OS/c15-11-13-10-7-16-6-8(10)5-14(11)9-1-3-12-4-2-9/h6-7,9,12H,1-5H2,(H,13,15). The van der Waals surface area contributed by atoms with E-state index in [0.717, 1.165) is 38.2 Å². The summed E-state index contributed by atoms with van der Waals surface area (Å²) in [5, 5.41) is 10.4. The smallest absolute Gasteiger partial charge is 0.317 e. The van der Waals surface area contributed by atoms with Crippen LogP contribution in [0, 0.1) is 0 Å². The summed E-state index contributed by atoms with van der Waals surface area (Å²) in [6.45, 7) is 2.81. The first kappa shape index (κ1) is 10.1. The molecule has 2 aliphatic rings. The van der Waals surface area contributed by atoms with Gasteiger partial charge in [-0.15, -0.1) is 11.3 Å². The van der Waals surface area contributed by atoms with Gasteiger partial charge in [0, 0.05) is 17.0 Å². The molecule has 0 unspecified atom stereocenters. The van der Waals surface area contributed by atoms with E-state index < -0.39 is 0 Å². The van der Waals surface area contributed by atoms with Crippen LogP contribution in [0.2, 0.25) is 0 Å². The maximum absolute atomic E-state index is 12.0. The van der Waals surface area contributed by atoms with Crippen LogP contribution in [-0.2, 0) is 6.54 Å². The zero-order valence-corrected chi connectivity index (χ0v) is 9.85. The Balaban J connectivity index is 1.79. The van der Waals surface area contributed by atoms with Gasteiger partial charge in [0.15, 0.2) is 0 Å². The molecule has 0 aliphatic carbocycles. The number of rotatable bonds is 1. The molecule has 1 saturated heterocycles. The molecular formula is C11H15N3OS. The lowest BCUT2D eigenvalue weighted by atomic mass is 10.0. The van der Waals surface area contributed by atoms with Crippen molar-refractivity contribution in [3.63, 3.8) is 0 Å². The van der Waals surface area contributed by atoms with Gasteiger partial charge >= 0.3 is 6.03 Å². The summed E-state index contributed by atoms with van der Waals surface area (Å²) >= 11 is 1.65. The molecule has 2 aliphatic heterocycles. The molecule has 0 spiro atoms. The van der Waals surface area contributed by atoms with Crippen molar-refractivity contribution >= 4 is 23.1 Å². The summed E-state index contributed by atoms with van der Waals surface area (Å²) in [5.41, 5.74) is 2.25. The first-order valence-corrected chi connectivity index (χ1v) is 6.62. The molecule has 0 aromatic carbocycles. The normalized spacial score (nSPS) is 21.8. The number of hydrogen-bond donors (Lipinski definition) is 2. The quantitative estimate of drug-likeness (QED) is 0.783. The average molecular weight is 237 g/mol. The minimum Gasteiger partial charge on any atom is -0.317 e. The van der Waals surface area contributed by atoms with Gasteiger partial charge in [0.05, 0.1) is 12.2 Å².